The molecule has 570 valence electrons. The first-order valence-corrected chi connectivity index (χ1v) is 43.1. The van der Waals surface area contributed by atoms with Crippen molar-refractivity contribution in [2.45, 2.75) is 419 Å². The van der Waals surface area contributed by atoms with Crippen molar-refractivity contribution < 1.29 is 80.2 Å². The van der Waals surface area contributed by atoms with E-state index in [-0.39, 0.29) is 25.7 Å². The first kappa shape index (κ1) is 94.1. The second-order valence-corrected chi connectivity index (χ2v) is 31.1. The molecule has 0 amide bonds. The molecule has 0 saturated carbocycles. The van der Waals surface area contributed by atoms with Gasteiger partial charge in [0.1, 0.15) is 19.3 Å². The molecule has 0 aliphatic rings. The van der Waals surface area contributed by atoms with Gasteiger partial charge in [-0.1, -0.05) is 350 Å². The monoisotopic (exact) mass is 1410 g/mol. The maximum atomic E-state index is 13.1. The lowest BCUT2D eigenvalue weighted by Crippen LogP contribution is -2.30. The van der Waals surface area contributed by atoms with Crippen molar-refractivity contribution in [1.29, 1.82) is 0 Å². The van der Waals surface area contributed by atoms with Crippen LogP contribution in [-0.2, 0) is 65.4 Å². The number of phosphoric acid groups is 2. The third-order valence-electron chi connectivity index (χ3n) is 18.7. The molecule has 0 rings (SSSR count). The number of esters is 4. The number of hydrogen-bond donors (Lipinski definition) is 3. The van der Waals surface area contributed by atoms with Crippen LogP contribution < -0.4 is 0 Å². The van der Waals surface area contributed by atoms with Crippen molar-refractivity contribution in [2.24, 2.45) is 11.8 Å². The van der Waals surface area contributed by atoms with Gasteiger partial charge in [0.25, 0.3) is 0 Å². The van der Waals surface area contributed by atoms with E-state index in [0.29, 0.717) is 25.7 Å². The van der Waals surface area contributed by atoms with E-state index >= 15 is 0 Å². The van der Waals surface area contributed by atoms with E-state index in [0.717, 1.165) is 102 Å². The second kappa shape index (κ2) is 68.8. The number of aliphatic hydroxyl groups excluding tert-OH is 1. The van der Waals surface area contributed by atoms with Gasteiger partial charge in [-0.25, -0.2) is 9.13 Å². The second-order valence-electron chi connectivity index (χ2n) is 28.2. The van der Waals surface area contributed by atoms with Crippen LogP contribution in [0.2, 0.25) is 0 Å². The number of aliphatic hydroxyl groups is 1. The molecule has 0 aliphatic carbocycles. The number of rotatable bonds is 76. The number of unbranched alkanes of at least 4 members (excludes halogenated alkanes) is 44. The SMILES string of the molecule is CCCCCCCCCCCCCC(=O)O[C@H](COC(=O)CCCCCCCCCCC)COP(=O)(O)OC[C@H](O)COP(=O)(O)OC[C@@H](COC(=O)CCCCCCCCCCCCC(C)CC)OC(=O)CCCCCCCCCCCCCCCCCCCCC(C)CC. The highest BCUT2D eigenvalue weighted by Gasteiger charge is 2.30. The molecule has 0 aromatic carbocycles. The zero-order valence-electron chi connectivity index (χ0n) is 62.7. The number of hydrogen-bond acceptors (Lipinski definition) is 15. The fourth-order valence-electron chi connectivity index (χ4n) is 11.8. The van der Waals surface area contributed by atoms with E-state index in [1.54, 1.807) is 0 Å². The molecule has 0 saturated heterocycles. The Hall–Kier alpha value is -1.94. The van der Waals surface area contributed by atoms with Gasteiger partial charge in [-0.3, -0.25) is 37.3 Å². The highest BCUT2D eigenvalue weighted by atomic mass is 31.2. The fraction of sp³-hybridized carbons (Fsp3) is 0.948. The third-order valence-corrected chi connectivity index (χ3v) is 20.6. The molecule has 0 radical (unpaired) electrons. The first-order valence-electron chi connectivity index (χ1n) is 40.1. The summed E-state index contributed by atoms with van der Waals surface area (Å²) in [6, 6.07) is 0. The lowest BCUT2D eigenvalue weighted by atomic mass is 9.99. The predicted octanol–water partition coefficient (Wildman–Crippen LogP) is 22.7. The predicted molar refractivity (Wildman–Crippen MR) is 391 cm³/mol. The average molecular weight is 1410 g/mol. The van der Waals surface area contributed by atoms with E-state index in [4.69, 9.17) is 37.0 Å². The Kier molecular flexibility index (Phi) is 67.4. The summed E-state index contributed by atoms with van der Waals surface area (Å²) >= 11 is 0. The quantitative estimate of drug-likeness (QED) is 0.0222. The molecular formula is C77H150O17P2. The van der Waals surface area contributed by atoms with Crippen LogP contribution in [0.4, 0.5) is 0 Å². The van der Waals surface area contributed by atoms with Crippen LogP contribution in [0, 0.1) is 11.8 Å². The number of ether oxygens (including phenoxy) is 4. The van der Waals surface area contributed by atoms with Crippen molar-refractivity contribution in [1.82, 2.24) is 0 Å². The van der Waals surface area contributed by atoms with Gasteiger partial charge >= 0.3 is 39.5 Å². The summed E-state index contributed by atoms with van der Waals surface area (Å²) in [7, 11) is -9.91. The van der Waals surface area contributed by atoms with Gasteiger partial charge in [-0.15, -0.1) is 0 Å². The lowest BCUT2D eigenvalue weighted by Gasteiger charge is -2.21. The van der Waals surface area contributed by atoms with Crippen LogP contribution in [0.25, 0.3) is 0 Å². The van der Waals surface area contributed by atoms with Gasteiger partial charge in [0.05, 0.1) is 26.4 Å². The Morgan fingerprint density at radius 2 is 0.500 bits per heavy atom. The van der Waals surface area contributed by atoms with Crippen LogP contribution in [-0.4, -0.2) is 96.7 Å². The molecule has 0 aromatic rings. The standard InChI is InChI=1S/C77H150O17P2/c1-7-11-13-15-17-19-28-37-43-49-55-61-76(81)93-72(65-87-74(79)59-53-47-41-33-18-16-14-12-8-2)67-91-95(83,84)89-63-71(78)64-90-96(85,86)92-68-73(66-88-75(80)60-54-48-42-36-32-31-35-40-46-52-58-70(6)10-4)94-77(82)62-56-50-44-38-30-27-25-23-21-20-22-24-26-29-34-39-45-51-57-69(5)9-3/h69-73,78H,7-68H2,1-6H3,(H,83,84)(H,85,86)/t69?,70?,71-,72+,73+/m0/s1. The minimum Gasteiger partial charge on any atom is -0.462 e. The van der Waals surface area contributed by atoms with Gasteiger partial charge in [0, 0.05) is 25.7 Å². The van der Waals surface area contributed by atoms with Crippen molar-refractivity contribution >= 4 is 39.5 Å². The zero-order valence-corrected chi connectivity index (χ0v) is 64.5. The van der Waals surface area contributed by atoms with Crippen molar-refractivity contribution in [3.05, 3.63) is 0 Å². The molecule has 3 N–H and O–H groups in total. The fourth-order valence-corrected chi connectivity index (χ4v) is 13.3. The van der Waals surface area contributed by atoms with Crippen molar-refractivity contribution in [3.8, 4) is 0 Å². The molecular weight excluding hydrogens is 1260 g/mol. The third kappa shape index (κ3) is 67.9. The molecule has 96 heavy (non-hydrogen) atoms. The van der Waals surface area contributed by atoms with Crippen LogP contribution in [0.15, 0.2) is 0 Å². The molecule has 0 bridgehead atoms. The smallest absolute Gasteiger partial charge is 0.462 e. The molecule has 4 unspecified atom stereocenters. The van der Waals surface area contributed by atoms with E-state index in [1.165, 1.54) is 218 Å². The maximum Gasteiger partial charge on any atom is 0.472 e. The minimum absolute atomic E-state index is 0.107. The number of carbonyl (C=O) groups is 4. The zero-order chi connectivity index (χ0) is 70.7. The Labute approximate surface area is 588 Å². The van der Waals surface area contributed by atoms with Gasteiger partial charge < -0.3 is 33.8 Å². The topological polar surface area (TPSA) is 237 Å². The minimum atomic E-state index is -4.96. The van der Waals surface area contributed by atoms with Crippen LogP contribution in [0.1, 0.15) is 401 Å². The average Bonchev–Trinajstić information content (AvgIpc) is 1.59. The summed E-state index contributed by atoms with van der Waals surface area (Å²) in [5.41, 5.74) is 0. The summed E-state index contributed by atoms with van der Waals surface area (Å²) in [4.78, 5) is 72.7. The summed E-state index contributed by atoms with van der Waals surface area (Å²) in [6.07, 6.45) is 56.8. The van der Waals surface area contributed by atoms with Crippen molar-refractivity contribution in [2.75, 3.05) is 39.6 Å². The molecule has 19 heteroatoms. The Morgan fingerprint density at radius 1 is 0.292 bits per heavy atom. The summed E-state index contributed by atoms with van der Waals surface area (Å²) in [6.45, 7) is 9.68. The van der Waals surface area contributed by atoms with Crippen LogP contribution in [0.5, 0.6) is 0 Å². The van der Waals surface area contributed by atoms with E-state index in [2.05, 4.69) is 41.5 Å². The molecule has 0 heterocycles. The van der Waals surface area contributed by atoms with Crippen LogP contribution in [0.3, 0.4) is 0 Å². The highest BCUT2D eigenvalue weighted by molar-refractivity contribution is 7.47. The lowest BCUT2D eigenvalue weighted by molar-refractivity contribution is -0.161. The number of carbonyl (C=O) groups excluding carboxylic acids is 4. The summed E-state index contributed by atoms with van der Waals surface area (Å²) < 4.78 is 68.5. The van der Waals surface area contributed by atoms with E-state index in [9.17, 15) is 43.2 Å². The summed E-state index contributed by atoms with van der Waals surface area (Å²) in [5, 5.41) is 10.6. The largest absolute Gasteiger partial charge is 0.472 e. The molecule has 0 aromatic heterocycles. The first-order chi connectivity index (χ1) is 46.4. The highest BCUT2D eigenvalue weighted by Crippen LogP contribution is 2.45. The van der Waals surface area contributed by atoms with E-state index < -0.39 is 97.5 Å². The molecule has 0 aliphatic heterocycles. The number of phosphoric ester groups is 2. The van der Waals surface area contributed by atoms with Gasteiger partial charge in [0.15, 0.2) is 12.2 Å². The molecule has 17 nitrogen and oxygen atoms in total. The molecule has 0 fully saturated rings. The normalized spacial score (nSPS) is 14.6. The van der Waals surface area contributed by atoms with E-state index in [1.807, 2.05) is 0 Å². The molecule has 0 spiro atoms. The van der Waals surface area contributed by atoms with Crippen molar-refractivity contribution in [3.63, 3.8) is 0 Å². The Bertz CT molecular complexity index is 1860. The maximum absolute atomic E-state index is 13.1. The van der Waals surface area contributed by atoms with Gasteiger partial charge in [0.2, 0.25) is 0 Å². The van der Waals surface area contributed by atoms with Gasteiger partial charge in [-0.2, -0.15) is 0 Å². The van der Waals surface area contributed by atoms with Gasteiger partial charge in [-0.05, 0) is 37.5 Å². The summed E-state index contributed by atoms with van der Waals surface area (Å²) in [5.74, 6) is -0.435. The Balaban J connectivity index is 5.18. The van der Waals surface area contributed by atoms with Crippen LogP contribution >= 0.6 is 15.6 Å². The Morgan fingerprint density at radius 3 is 0.740 bits per heavy atom. The molecule has 7 atom stereocenters.